The first-order valence-corrected chi connectivity index (χ1v) is 7.00. The van der Waals surface area contributed by atoms with Gasteiger partial charge in [-0.2, -0.15) is 0 Å². The van der Waals surface area contributed by atoms with Gasteiger partial charge >= 0.3 is 0 Å². The first-order valence-electron chi connectivity index (χ1n) is 7.00. The molecule has 0 aliphatic heterocycles. The second-order valence-corrected chi connectivity index (χ2v) is 5.04. The van der Waals surface area contributed by atoms with Gasteiger partial charge in [0, 0.05) is 24.7 Å². The lowest BCUT2D eigenvalue weighted by atomic mass is 10.0. The lowest BCUT2D eigenvalue weighted by Gasteiger charge is -2.18. The molecule has 3 nitrogen and oxygen atoms in total. The Balaban J connectivity index is 1.67. The van der Waals surface area contributed by atoms with Gasteiger partial charge in [0.25, 0.3) is 5.91 Å². The Labute approximate surface area is 115 Å². The van der Waals surface area contributed by atoms with Gasteiger partial charge in [-0.25, -0.2) is 0 Å². The van der Waals surface area contributed by atoms with E-state index in [1.54, 1.807) is 0 Å². The van der Waals surface area contributed by atoms with E-state index < -0.39 is 0 Å². The number of rotatable bonds is 5. The zero-order valence-corrected chi connectivity index (χ0v) is 11.5. The van der Waals surface area contributed by atoms with Crippen LogP contribution in [-0.4, -0.2) is 25.0 Å². The second-order valence-electron chi connectivity index (χ2n) is 5.04. The van der Waals surface area contributed by atoms with Gasteiger partial charge in [-0.1, -0.05) is 29.8 Å². The third-order valence-corrected chi connectivity index (χ3v) is 3.39. The number of allylic oxidation sites excluding steroid dienone is 1. The van der Waals surface area contributed by atoms with Gasteiger partial charge in [0.2, 0.25) is 0 Å². The zero-order chi connectivity index (χ0) is 13.5. The quantitative estimate of drug-likeness (QED) is 0.629. The summed E-state index contributed by atoms with van der Waals surface area (Å²) in [5, 5.41) is 6.37. The van der Waals surface area contributed by atoms with Crippen molar-refractivity contribution in [2.75, 3.05) is 13.1 Å². The number of nitrogens with one attached hydrogen (secondary N) is 2. The van der Waals surface area contributed by atoms with E-state index in [0.29, 0.717) is 12.6 Å². The van der Waals surface area contributed by atoms with Crippen molar-refractivity contribution in [2.24, 2.45) is 0 Å². The van der Waals surface area contributed by atoms with Gasteiger partial charge in [-0.3, -0.25) is 4.79 Å². The van der Waals surface area contributed by atoms with Crippen LogP contribution in [0.25, 0.3) is 0 Å². The maximum atomic E-state index is 11.9. The Kier molecular flexibility index (Phi) is 5.16. The van der Waals surface area contributed by atoms with Crippen molar-refractivity contribution < 1.29 is 4.79 Å². The van der Waals surface area contributed by atoms with Crippen molar-refractivity contribution in [3.8, 4) is 0 Å². The van der Waals surface area contributed by atoms with Gasteiger partial charge in [-0.15, -0.1) is 0 Å². The standard InChI is InChI=1S/C16H22N2O/c1-13-7-9-14(10-8-13)16(19)18-12-11-17-15-5-3-2-4-6-15/h3,5,7-10,15,17H,2,4,6,11-12H2,1H3,(H,18,19). The highest BCUT2D eigenvalue weighted by Gasteiger charge is 2.07. The molecule has 1 amide bonds. The summed E-state index contributed by atoms with van der Waals surface area (Å²) in [6, 6.07) is 8.12. The summed E-state index contributed by atoms with van der Waals surface area (Å²) in [6.45, 7) is 3.49. The summed E-state index contributed by atoms with van der Waals surface area (Å²) >= 11 is 0. The summed E-state index contributed by atoms with van der Waals surface area (Å²) in [7, 11) is 0. The SMILES string of the molecule is Cc1ccc(C(=O)NCCNC2C=CCCC2)cc1. The minimum Gasteiger partial charge on any atom is -0.351 e. The molecule has 3 heteroatoms. The zero-order valence-electron chi connectivity index (χ0n) is 11.5. The van der Waals surface area contributed by atoms with E-state index in [1.165, 1.54) is 24.8 Å². The molecule has 0 spiro atoms. The highest BCUT2D eigenvalue weighted by Crippen LogP contribution is 2.09. The molecule has 1 aromatic carbocycles. The van der Waals surface area contributed by atoms with Crippen LogP contribution >= 0.6 is 0 Å². The first-order chi connectivity index (χ1) is 9.25. The van der Waals surface area contributed by atoms with Crippen molar-refractivity contribution in [3.05, 3.63) is 47.5 Å². The number of carbonyl (C=O) groups excluding carboxylic acids is 1. The topological polar surface area (TPSA) is 41.1 Å². The van der Waals surface area contributed by atoms with Gasteiger partial charge in [0.15, 0.2) is 0 Å². The van der Waals surface area contributed by atoms with E-state index in [0.717, 1.165) is 12.1 Å². The fourth-order valence-corrected chi connectivity index (χ4v) is 2.22. The smallest absolute Gasteiger partial charge is 0.251 e. The third kappa shape index (κ3) is 4.52. The van der Waals surface area contributed by atoms with E-state index in [1.807, 2.05) is 31.2 Å². The molecule has 102 valence electrons. The Morgan fingerprint density at radius 1 is 1.26 bits per heavy atom. The lowest BCUT2D eigenvalue weighted by Crippen LogP contribution is -2.36. The molecule has 0 fully saturated rings. The van der Waals surface area contributed by atoms with E-state index in [2.05, 4.69) is 22.8 Å². The minimum atomic E-state index is 0.000913. The van der Waals surface area contributed by atoms with Crippen LogP contribution in [-0.2, 0) is 0 Å². The Bertz CT molecular complexity index is 437. The average molecular weight is 258 g/mol. The lowest BCUT2D eigenvalue weighted by molar-refractivity contribution is 0.0953. The van der Waals surface area contributed by atoms with Crippen molar-refractivity contribution in [2.45, 2.75) is 32.2 Å². The number of carbonyl (C=O) groups is 1. The molecule has 19 heavy (non-hydrogen) atoms. The summed E-state index contributed by atoms with van der Waals surface area (Å²) in [4.78, 5) is 11.9. The largest absolute Gasteiger partial charge is 0.351 e. The molecule has 0 bridgehead atoms. The van der Waals surface area contributed by atoms with Crippen LogP contribution in [0.15, 0.2) is 36.4 Å². The molecule has 0 saturated carbocycles. The Morgan fingerprint density at radius 3 is 2.74 bits per heavy atom. The second kappa shape index (κ2) is 7.10. The number of hydrogen-bond acceptors (Lipinski definition) is 2. The van der Waals surface area contributed by atoms with Crippen LogP contribution in [0.4, 0.5) is 0 Å². The molecule has 1 aliphatic carbocycles. The van der Waals surface area contributed by atoms with Gasteiger partial charge in [0.1, 0.15) is 0 Å². The molecule has 0 saturated heterocycles. The third-order valence-electron chi connectivity index (χ3n) is 3.39. The molecule has 1 aliphatic rings. The highest BCUT2D eigenvalue weighted by atomic mass is 16.1. The Morgan fingerprint density at radius 2 is 2.05 bits per heavy atom. The van der Waals surface area contributed by atoms with E-state index >= 15 is 0 Å². The van der Waals surface area contributed by atoms with Gasteiger partial charge in [0.05, 0.1) is 0 Å². The predicted molar refractivity (Wildman–Crippen MR) is 78.3 cm³/mol. The van der Waals surface area contributed by atoms with Crippen molar-refractivity contribution >= 4 is 5.91 Å². The molecule has 0 heterocycles. The van der Waals surface area contributed by atoms with Crippen LogP contribution in [0.1, 0.15) is 35.2 Å². The molecular weight excluding hydrogens is 236 g/mol. The summed E-state index contributed by atoms with van der Waals surface area (Å²) in [5.74, 6) is 0.000913. The van der Waals surface area contributed by atoms with Crippen LogP contribution in [0.5, 0.6) is 0 Å². The van der Waals surface area contributed by atoms with Crippen molar-refractivity contribution in [1.82, 2.24) is 10.6 Å². The molecule has 2 rings (SSSR count). The Hall–Kier alpha value is -1.61. The molecule has 2 N–H and O–H groups in total. The number of hydrogen-bond donors (Lipinski definition) is 2. The molecule has 0 aromatic heterocycles. The normalized spacial score (nSPS) is 18.3. The number of benzene rings is 1. The summed E-state index contributed by atoms with van der Waals surface area (Å²) < 4.78 is 0. The summed E-state index contributed by atoms with van der Waals surface area (Å²) in [5.41, 5.74) is 1.89. The first kappa shape index (κ1) is 13.8. The molecule has 1 unspecified atom stereocenters. The van der Waals surface area contributed by atoms with Crippen LogP contribution in [0.2, 0.25) is 0 Å². The highest BCUT2D eigenvalue weighted by molar-refractivity contribution is 5.94. The molecule has 1 aromatic rings. The van der Waals surface area contributed by atoms with E-state index in [-0.39, 0.29) is 5.91 Å². The van der Waals surface area contributed by atoms with E-state index in [9.17, 15) is 4.79 Å². The average Bonchev–Trinajstić information content (AvgIpc) is 2.45. The number of amides is 1. The minimum absolute atomic E-state index is 0.000913. The number of aryl methyl sites for hydroxylation is 1. The fourth-order valence-electron chi connectivity index (χ4n) is 2.22. The van der Waals surface area contributed by atoms with E-state index in [4.69, 9.17) is 0 Å². The molecule has 0 radical (unpaired) electrons. The van der Waals surface area contributed by atoms with Crippen molar-refractivity contribution in [1.29, 1.82) is 0 Å². The molecule has 1 atom stereocenters. The van der Waals surface area contributed by atoms with Crippen molar-refractivity contribution in [3.63, 3.8) is 0 Å². The predicted octanol–water partition coefficient (Wildman–Crippen LogP) is 2.42. The maximum absolute atomic E-state index is 11.9. The summed E-state index contributed by atoms with van der Waals surface area (Å²) in [6.07, 6.45) is 8.10. The van der Waals surface area contributed by atoms with Crippen LogP contribution in [0.3, 0.4) is 0 Å². The maximum Gasteiger partial charge on any atom is 0.251 e. The monoisotopic (exact) mass is 258 g/mol. The molecular formula is C16H22N2O. The van der Waals surface area contributed by atoms with Gasteiger partial charge < -0.3 is 10.6 Å². The fraction of sp³-hybridized carbons (Fsp3) is 0.438. The van der Waals surface area contributed by atoms with Crippen LogP contribution in [0, 0.1) is 6.92 Å². The van der Waals surface area contributed by atoms with Crippen LogP contribution < -0.4 is 10.6 Å². The van der Waals surface area contributed by atoms with Gasteiger partial charge in [-0.05, 0) is 38.3 Å².